The van der Waals surface area contributed by atoms with Crippen molar-refractivity contribution >= 4 is 47.4 Å². The van der Waals surface area contributed by atoms with Crippen molar-refractivity contribution in [1.29, 1.82) is 5.41 Å². The number of carbonyl (C=O) groups excluding carboxylic acids is 7. The van der Waals surface area contributed by atoms with Crippen molar-refractivity contribution in [3.8, 4) is 0 Å². The Hall–Kier alpha value is -3.96. The van der Waals surface area contributed by atoms with Crippen LogP contribution in [-0.2, 0) is 43.0 Å². The Labute approximate surface area is 231 Å². The van der Waals surface area contributed by atoms with Gasteiger partial charge in [-0.05, 0) is 63.2 Å². The summed E-state index contributed by atoms with van der Waals surface area (Å²) in [7, 11) is 0. The summed E-state index contributed by atoms with van der Waals surface area (Å²) in [5.41, 5.74) is 0. The van der Waals surface area contributed by atoms with E-state index < -0.39 is 29.7 Å². The molecule has 4 amide bonds. The summed E-state index contributed by atoms with van der Waals surface area (Å²) >= 11 is 0. The van der Waals surface area contributed by atoms with E-state index in [1.54, 1.807) is 0 Å². The zero-order valence-electron chi connectivity index (χ0n) is 22.2. The monoisotopic (exact) mass is 555 g/mol. The quantitative estimate of drug-likeness (QED) is 0.147. The maximum Gasteiger partial charge on any atom is 0.316 e. The number of amides is 4. The van der Waals surface area contributed by atoms with E-state index in [4.69, 9.17) is 14.9 Å². The number of carbonyl (C=O) groups is 7. The van der Waals surface area contributed by atoms with Gasteiger partial charge in [-0.3, -0.25) is 48.8 Å². The summed E-state index contributed by atoms with van der Waals surface area (Å²) < 4.78 is 10.1. The van der Waals surface area contributed by atoms with Gasteiger partial charge in [0.15, 0.2) is 5.90 Å². The number of nitrogens with zero attached hydrogens (tertiary/aromatic N) is 2. The molecule has 0 saturated heterocycles. The third kappa shape index (κ3) is 7.36. The average Bonchev–Trinajstić information content (AvgIpc) is 3.43. The van der Waals surface area contributed by atoms with Gasteiger partial charge in [-0.1, -0.05) is 0 Å². The molecule has 0 radical (unpaired) electrons. The van der Waals surface area contributed by atoms with E-state index in [0.29, 0.717) is 64.5 Å². The van der Waals surface area contributed by atoms with Crippen molar-refractivity contribution in [2.45, 2.75) is 64.2 Å². The van der Waals surface area contributed by atoms with E-state index in [1.165, 1.54) is 34.1 Å². The lowest BCUT2D eigenvalue weighted by molar-refractivity contribution is -0.164. The number of hydrogen-bond acceptors (Lipinski definition) is 10. The third-order valence-corrected chi connectivity index (χ3v) is 8.04. The molecule has 2 heterocycles. The molecule has 0 spiro atoms. The number of nitrogens with one attached hydrogen (secondary N) is 1. The van der Waals surface area contributed by atoms with Crippen molar-refractivity contribution in [1.82, 2.24) is 9.80 Å². The summed E-state index contributed by atoms with van der Waals surface area (Å²) in [6.45, 7) is 0.634. The molecule has 2 aliphatic carbocycles. The standard InChI is InChI=1S/C28H33N3O9/c29-21(39-27(37)19-5-1-17(2-6-19)15-30-22(32)10-11-23(30)33)9-14-26(36)40-28(38)20-7-3-18(4-8-20)16-31-24(34)12-13-25(31)35/h10-13,17-20,29H,1-9,14-16H2. The van der Waals surface area contributed by atoms with Crippen LogP contribution in [0.1, 0.15) is 64.2 Å². The minimum absolute atomic E-state index is 0.0912. The van der Waals surface area contributed by atoms with Crippen molar-refractivity contribution in [3.05, 3.63) is 24.3 Å². The van der Waals surface area contributed by atoms with E-state index in [9.17, 15) is 33.6 Å². The highest BCUT2D eigenvalue weighted by Crippen LogP contribution is 2.32. The Bertz CT molecular complexity index is 1030. The van der Waals surface area contributed by atoms with Crippen LogP contribution in [0, 0.1) is 29.1 Å². The van der Waals surface area contributed by atoms with Crippen LogP contribution in [0.2, 0.25) is 0 Å². The lowest BCUT2D eigenvalue weighted by atomic mass is 9.82. The molecule has 12 nitrogen and oxygen atoms in total. The largest absolute Gasteiger partial charge is 0.412 e. The molecule has 0 atom stereocenters. The van der Waals surface area contributed by atoms with Crippen LogP contribution >= 0.6 is 0 Å². The Morgan fingerprint density at radius 1 is 0.625 bits per heavy atom. The maximum absolute atomic E-state index is 12.5. The molecule has 0 aromatic carbocycles. The fraction of sp³-hybridized carbons (Fsp3) is 0.571. The molecule has 2 saturated carbocycles. The van der Waals surface area contributed by atoms with Crippen LogP contribution in [0.3, 0.4) is 0 Å². The van der Waals surface area contributed by atoms with E-state index in [0.717, 1.165) is 0 Å². The number of esters is 3. The molecular formula is C28H33N3O9. The minimum atomic E-state index is -0.798. The van der Waals surface area contributed by atoms with Crippen molar-refractivity contribution in [3.63, 3.8) is 0 Å². The van der Waals surface area contributed by atoms with E-state index in [2.05, 4.69) is 0 Å². The predicted molar refractivity (Wildman–Crippen MR) is 137 cm³/mol. The number of hydrogen-bond donors (Lipinski definition) is 1. The highest BCUT2D eigenvalue weighted by molar-refractivity contribution is 6.13. The average molecular weight is 556 g/mol. The fourth-order valence-electron chi connectivity index (χ4n) is 5.62. The normalized spacial score (nSPS) is 26.4. The highest BCUT2D eigenvalue weighted by atomic mass is 16.6. The molecule has 1 N–H and O–H groups in total. The van der Waals surface area contributed by atoms with Gasteiger partial charge in [0.1, 0.15) is 0 Å². The van der Waals surface area contributed by atoms with Crippen LogP contribution in [0.4, 0.5) is 0 Å². The molecule has 0 aromatic heterocycles. The first-order valence-electron chi connectivity index (χ1n) is 13.7. The van der Waals surface area contributed by atoms with Gasteiger partial charge >= 0.3 is 17.9 Å². The Balaban J connectivity index is 1.09. The molecule has 0 bridgehead atoms. The minimum Gasteiger partial charge on any atom is -0.412 e. The molecule has 12 heteroatoms. The van der Waals surface area contributed by atoms with E-state index in [1.807, 2.05) is 0 Å². The maximum atomic E-state index is 12.5. The van der Waals surface area contributed by atoms with Gasteiger partial charge in [0.2, 0.25) is 0 Å². The Kier molecular flexibility index (Phi) is 9.38. The van der Waals surface area contributed by atoms with Gasteiger partial charge < -0.3 is 9.47 Å². The Morgan fingerprint density at radius 2 is 1.00 bits per heavy atom. The zero-order chi connectivity index (χ0) is 28.8. The van der Waals surface area contributed by atoms with Gasteiger partial charge in [0, 0.05) is 43.8 Å². The van der Waals surface area contributed by atoms with Crippen LogP contribution in [0.25, 0.3) is 0 Å². The van der Waals surface area contributed by atoms with Crippen molar-refractivity contribution < 1.29 is 43.0 Å². The summed E-state index contributed by atoms with van der Waals surface area (Å²) in [4.78, 5) is 86.3. The summed E-state index contributed by atoms with van der Waals surface area (Å²) in [5.74, 6) is -4.32. The first-order chi connectivity index (χ1) is 19.1. The second-order valence-corrected chi connectivity index (χ2v) is 10.8. The molecule has 4 aliphatic rings. The smallest absolute Gasteiger partial charge is 0.316 e. The molecule has 40 heavy (non-hydrogen) atoms. The predicted octanol–water partition coefficient (Wildman–Crippen LogP) is 1.82. The topological polar surface area (TPSA) is 168 Å². The van der Waals surface area contributed by atoms with E-state index in [-0.39, 0.29) is 54.2 Å². The van der Waals surface area contributed by atoms with Crippen LogP contribution in [0.15, 0.2) is 24.3 Å². The van der Waals surface area contributed by atoms with Gasteiger partial charge in [0.25, 0.3) is 23.6 Å². The Morgan fingerprint density at radius 3 is 1.40 bits per heavy atom. The molecule has 0 unspecified atom stereocenters. The van der Waals surface area contributed by atoms with Crippen LogP contribution in [0.5, 0.6) is 0 Å². The highest BCUT2D eigenvalue weighted by Gasteiger charge is 2.34. The molecule has 0 aromatic rings. The third-order valence-electron chi connectivity index (χ3n) is 8.04. The first kappa shape index (κ1) is 29.0. The van der Waals surface area contributed by atoms with Gasteiger partial charge in [-0.2, -0.15) is 0 Å². The van der Waals surface area contributed by atoms with Gasteiger partial charge in [-0.25, -0.2) is 0 Å². The second-order valence-electron chi connectivity index (χ2n) is 10.8. The molecule has 2 fully saturated rings. The lowest BCUT2D eigenvalue weighted by Crippen LogP contribution is -2.37. The number of ether oxygens (including phenoxy) is 2. The summed E-state index contributed by atoms with van der Waals surface area (Å²) in [6.07, 6.45) is 9.06. The second kappa shape index (κ2) is 12.9. The van der Waals surface area contributed by atoms with Crippen LogP contribution in [-0.4, -0.2) is 70.3 Å². The molecule has 4 rings (SSSR count). The molecule has 214 valence electrons. The van der Waals surface area contributed by atoms with Crippen LogP contribution < -0.4 is 0 Å². The molecular weight excluding hydrogens is 522 g/mol. The fourth-order valence-corrected chi connectivity index (χ4v) is 5.62. The zero-order valence-corrected chi connectivity index (χ0v) is 22.2. The SMILES string of the molecule is N=C(CCC(=O)OC(=O)C1CCC(CN2C(=O)C=CC2=O)CC1)OC(=O)C1CCC(CN2C(=O)C=CC2=O)CC1. The molecule has 2 aliphatic heterocycles. The summed E-state index contributed by atoms with van der Waals surface area (Å²) in [6, 6.07) is 0. The van der Waals surface area contributed by atoms with Gasteiger partial charge in [0.05, 0.1) is 18.3 Å². The lowest BCUT2D eigenvalue weighted by Gasteiger charge is -2.29. The summed E-state index contributed by atoms with van der Waals surface area (Å²) in [5, 5.41) is 7.90. The van der Waals surface area contributed by atoms with Crippen molar-refractivity contribution in [2.24, 2.45) is 23.7 Å². The number of rotatable bonds is 9. The first-order valence-corrected chi connectivity index (χ1v) is 13.7. The van der Waals surface area contributed by atoms with Gasteiger partial charge in [-0.15, -0.1) is 0 Å². The number of imide groups is 2. The van der Waals surface area contributed by atoms with E-state index >= 15 is 0 Å². The van der Waals surface area contributed by atoms with Crippen molar-refractivity contribution in [2.75, 3.05) is 13.1 Å².